The molecular weight excluding hydrogens is 514 g/mol. The van der Waals surface area contributed by atoms with Crippen LogP contribution in [-0.4, -0.2) is 85.7 Å². The number of ketones is 1. The lowest BCUT2D eigenvalue weighted by Gasteiger charge is -2.39. The van der Waals surface area contributed by atoms with Gasteiger partial charge in [-0.3, -0.25) is 19.2 Å². The zero-order chi connectivity index (χ0) is 28.1. The second-order valence-corrected chi connectivity index (χ2v) is 12.7. The van der Waals surface area contributed by atoms with Gasteiger partial charge in [0, 0.05) is 12.6 Å². The first kappa shape index (κ1) is 30.0. The summed E-state index contributed by atoms with van der Waals surface area (Å²) in [6, 6.07) is -2.36. The van der Waals surface area contributed by atoms with E-state index in [9.17, 15) is 32.7 Å². The minimum absolute atomic E-state index is 0.0305. The van der Waals surface area contributed by atoms with E-state index in [0.717, 1.165) is 32.1 Å². The third-order valence-corrected chi connectivity index (χ3v) is 8.20. The Morgan fingerprint density at radius 1 is 1.03 bits per heavy atom. The Bertz CT molecular complexity index is 956. The molecule has 1 heterocycles. The van der Waals surface area contributed by atoms with Gasteiger partial charge in [-0.2, -0.15) is 0 Å². The van der Waals surface area contributed by atoms with Gasteiger partial charge in [0.2, 0.25) is 17.6 Å². The minimum atomic E-state index is -2.09. The van der Waals surface area contributed by atoms with Crippen LogP contribution in [0.4, 0.5) is 4.79 Å². The van der Waals surface area contributed by atoms with Gasteiger partial charge in [0.1, 0.15) is 12.1 Å². The Kier molecular flexibility index (Phi) is 9.91. The summed E-state index contributed by atoms with van der Waals surface area (Å²) in [4.78, 5) is 65.0. The van der Waals surface area contributed by atoms with Gasteiger partial charge in [0.25, 0.3) is 5.91 Å². The highest BCUT2D eigenvalue weighted by atomic mass is 32.2. The maximum absolute atomic E-state index is 13.7. The highest BCUT2D eigenvalue weighted by Gasteiger charge is 2.43. The Labute approximate surface area is 226 Å². The monoisotopic (exact) mass is 555 g/mol. The van der Waals surface area contributed by atoms with Crippen LogP contribution in [0.15, 0.2) is 0 Å². The average Bonchev–Trinajstić information content (AvgIpc) is 3.50. The molecule has 214 valence electrons. The lowest BCUT2D eigenvalue weighted by atomic mass is 9.83. The lowest BCUT2D eigenvalue weighted by Crippen LogP contribution is -2.62. The quantitative estimate of drug-likeness (QED) is 0.194. The maximum atomic E-state index is 13.7. The second-order valence-electron chi connectivity index (χ2n) is 11.8. The largest absolute Gasteiger partial charge is 0.347 e. The molecule has 12 nitrogen and oxygen atoms in total. The highest BCUT2D eigenvalue weighted by Crippen LogP contribution is 2.30. The number of nitrogens with zero attached hydrogens (tertiary/aromatic N) is 1. The fraction of sp³-hybridized carbons (Fsp3) is 0.800. The predicted molar refractivity (Wildman–Crippen MR) is 140 cm³/mol. The van der Waals surface area contributed by atoms with E-state index in [0.29, 0.717) is 32.2 Å². The number of carbonyl (C=O) groups excluding carboxylic acids is 5. The smallest absolute Gasteiger partial charge is 0.315 e. The van der Waals surface area contributed by atoms with Crippen LogP contribution in [0.2, 0.25) is 0 Å². The van der Waals surface area contributed by atoms with Gasteiger partial charge < -0.3 is 30.7 Å². The van der Waals surface area contributed by atoms with E-state index < -0.39 is 70.2 Å². The zero-order valence-corrected chi connectivity index (χ0v) is 23.3. The lowest BCUT2D eigenvalue weighted by molar-refractivity contribution is -0.142. The van der Waals surface area contributed by atoms with E-state index in [2.05, 4.69) is 21.3 Å². The molecule has 5 N–H and O–H groups in total. The number of hydrogen-bond acceptors (Lipinski definition) is 6. The van der Waals surface area contributed by atoms with Crippen LogP contribution < -0.4 is 21.3 Å². The Balaban J connectivity index is 1.63. The summed E-state index contributed by atoms with van der Waals surface area (Å²) in [7, 11) is 0. The van der Waals surface area contributed by atoms with Crippen molar-refractivity contribution in [1.82, 2.24) is 26.2 Å². The molecule has 3 atom stereocenters. The van der Waals surface area contributed by atoms with Crippen LogP contribution in [0.25, 0.3) is 0 Å². The summed E-state index contributed by atoms with van der Waals surface area (Å²) >= 11 is -2.09. The molecule has 0 aromatic heterocycles. The number of rotatable bonds is 10. The summed E-state index contributed by atoms with van der Waals surface area (Å²) < 4.78 is 21.1. The van der Waals surface area contributed by atoms with Crippen molar-refractivity contribution in [2.45, 2.75) is 102 Å². The highest BCUT2D eigenvalue weighted by molar-refractivity contribution is 7.79. The summed E-state index contributed by atoms with van der Waals surface area (Å²) in [5, 5.41) is 10.7. The number of amides is 5. The molecule has 0 aromatic carbocycles. The van der Waals surface area contributed by atoms with Gasteiger partial charge in [0.15, 0.2) is 11.1 Å². The van der Waals surface area contributed by atoms with Crippen LogP contribution in [-0.2, 0) is 30.3 Å². The van der Waals surface area contributed by atoms with Crippen molar-refractivity contribution in [3.63, 3.8) is 0 Å². The number of likely N-dealkylation sites (tertiary alicyclic amines) is 1. The first-order valence-electron chi connectivity index (χ1n) is 13.4. The van der Waals surface area contributed by atoms with Gasteiger partial charge >= 0.3 is 6.03 Å². The van der Waals surface area contributed by atoms with Crippen LogP contribution in [0, 0.1) is 5.41 Å². The average molecular weight is 556 g/mol. The molecule has 2 aliphatic carbocycles. The van der Waals surface area contributed by atoms with Crippen LogP contribution in [0.3, 0.4) is 0 Å². The summed E-state index contributed by atoms with van der Waals surface area (Å²) in [5.41, 5.74) is -1.52. The zero-order valence-electron chi connectivity index (χ0n) is 22.5. The molecule has 0 bridgehead atoms. The molecule has 1 saturated heterocycles. The summed E-state index contributed by atoms with van der Waals surface area (Å²) in [6.45, 7) is 5.27. The SMILES string of the molecule is CC(C)(C)C(NC(=O)NC1(CS(=O)O)CCCCC1)C(=O)N1CCCC1C(=O)NCC(=O)C(=O)NC1CC1. The van der Waals surface area contributed by atoms with Gasteiger partial charge in [0.05, 0.1) is 17.8 Å². The minimum Gasteiger partial charge on any atom is -0.347 e. The normalized spacial score (nSPS) is 22.6. The van der Waals surface area contributed by atoms with Gasteiger partial charge in [-0.15, -0.1) is 0 Å². The van der Waals surface area contributed by atoms with Crippen LogP contribution in [0.5, 0.6) is 0 Å². The van der Waals surface area contributed by atoms with Gasteiger partial charge in [-0.05, 0) is 43.9 Å². The molecule has 1 aliphatic heterocycles. The fourth-order valence-electron chi connectivity index (χ4n) is 5.15. The van der Waals surface area contributed by atoms with E-state index >= 15 is 0 Å². The molecular formula is C25H41N5O7S. The molecule has 2 saturated carbocycles. The van der Waals surface area contributed by atoms with Crippen LogP contribution in [0.1, 0.15) is 78.6 Å². The molecule has 3 fully saturated rings. The predicted octanol–water partition coefficient (Wildman–Crippen LogP) is 0.580. The Hall–Kier alpha value is -2.54. The number of urea groups is 1. The first-order chi connectivity index (χ1) is 17.8. The molecule has 5 amide bonds. The number of hydrogen-bond donors (Lipinski definition) is 5. The van der Waals surface area contributed by atoms with E-state index in [1.165, 1.54) is 4.90 Å². The standard InChI is InChI=1S/C25H41N5O7S/c1-24(2,3)19(28-23(35)29-25(15-38(36)37)11-5-4-6-12-25)22(34)30-13-7-8-17(30)20(32)26-14-18(31)21(33)27-16-9-10-16/h16-17,19H,4-15H2,1-3H3,(H,26,32)(H,27,33)(H,36,37)(H2,28,29,35). The van der Waals surface area contributed by atoms with E-state index in [1.54, 1.807) is 20.8 Å². The van der Waals surface area contributed by atoms with E-state index in [4.69, 9.17) is 0 Å². The van der Waals surface area contributed by atoms with Gasteiger partial charge in [-0.1, -0.05) is 40.0 Å². The first-order valence-corrected chi connectivity index (χ1v) is 14.7. The molecule has 3 rings (SSSR count). The van der Waals surface area contributed by atoms with Crippen molar-refractivity contribution < 1.29 is 32.7 Å². The molecule has 38 heavy (non-hydrogen) atoms. The van der Waals surface area contributed by atoms with E-state index in [1.807, 2.05) is 0 Å². The molecule has 3 unspecified atom stereocenters. The van der Waals surface area contributed by atoms with Crippen molar-refractivity contribution in [2.24, 2.45) is 5.41 Å². The van der Waals surface area contributed by atoms with Crippen molar-refractivity contribution in [3.05, 3.63) is 0 Å². The Morgan fingerprint density at radius 3 is 2.26 bits per heavy atom. The third kappa shape index (κ3) is 8.23. The topological polar surface area (TPSA) is 174 Å². The third-order valence-electron chi connectivity index (χ3n) is 7.41. The van der Waals surface area contributed by atoms with Crippen molar-refractivity contribution in [3.8, 4) is 0 Å². The van der Waals surface area contributed by atoms with Gasteiger partial charge in [-0.25, -0.2) is 9.00 Å². The van der Waals surface area contributed by atoms with Crippen molar-refractivity contribution in [2.75, 3.05) is 18.8 Å². The number of nitrogens with one attached hydrogen (secondary N) is 4. The maximum Gasteiger partial charge on any atom is 0.315 e. The second kappa shape index (κ2) is 12.5. The fourth-order valence-corrected chi connectivity index (χ4v) is 5.99. The molecule has 0 spiro atoms. The molecule has 13 heteroatoms. The van der Waals surface area contributed by atoms with Crippen LogP contribution >= 0.6 is 0 Å². The number of carbonyl (C=O) groups is 5. The summed E-state index contributed by atoms with van der Waals surface area (Å²) in [5.74, 6) is -2.50. The number of Topliss-reactive ketones (excluding diaryl/α,β-unsaturated/α-hetero) is 1. The molecule has 0 aromatic rings. The van der Waals surface area contributed by atoms with E-state index in [-0.39, 0.29) is 11.8 Å². The van der Waals surface area contributed by atoms with Crippen molar-refractivity contribution >= 4 is 40.6 Å². The Morgan fingerprint density at radius 2 is 1.68 bits per heavy atom. The van der Waals surface area contributed by atoms with Crippen molar-refractivity contribution in [1.29, 1.82) is 0 Å². The summed E-state index contributed by atoms with van der Waals surface area (Å²) in [6.07, 6.45) is 6.45. The molecule has 3 aliphatic rings. The molecule has 0 radical (unpaired) electrons.